The molecule has 18 nitrogen and oxygen atoms in total. The van der Waals surface area contributed by atoms with Crippen molar-refractivity contribution in [3.63, 3.8) is 0 Å². The number of carbonyl (C=O) groups excluding carboxylic acids is 7. The summed E-state index contributed by atoms with van der Waals surface area (Å²) < 4.78 is 7.19. The average Bonchev–Trinajstić information content (AvgIpc) is 0.748. The molecule has 0 radical (unpaired) electrons. The SMILES string of the molecule is CCC(C)C(NC(=O)C1CCCCN1C)C(=O)N(C)C(CC=O)C(C)C.CCC(C)C(NC(=O)C1CCCCN1C)C(=O)N(C)C(CCO)C(C)C.CCC(C)C(NC(=O)C1CCCCN1C)C(=O)N(C)C(CCO[Si](c1ccccc1)(c1ccccc1)C(C)(C)C)C(C)C.S.S.S.S.S.S. The van der Waals surface area contributed by atoms with Crippen LogP contribution in [0.1, 0.15) is 200 Å². The highest BCUT2D eigenvalue weighted by Gasteiger charge is 2.50. The van der Waals surface area contributed by atoms with Crippen LogP contribution >= 0.6 is 81.0 Å². The second kappa shape index (κ2) is 52.1. The summed E-state index contributed by atoms with van der Waals surface area (Å²) in [6, 6.07) is 19.1. The number of piperidine rings is 3. The van der Waals surface area contributed by atoms with Crippen LogP contribution in [0, 0.1) is 35.5 Å². The van der Waals surface area contributed by atoms with Gasteiger partial charge in [0.25, 0.3) is 8.32 Å². The summed E-state index contributed by atoms with van der Waals surface area (Å²) in [5, 5.41) is 21.0. The minimum atomic E-state index is -2.67. The second-order valence-electron chi connectivity index (χ2n) is 30.1. The highest BCUT2D eigenvalue weighted by Crippen LogP contribution is 2.37. The summed E-state index contributed by atoms with van der Waals surface area (Å²) in [6.07, 6.45) is 13.9. The molecule has 588 valence electrons. The predicted molar refractivity (Wildman–Crippen MR) is 452 cm³/mol. The summed E-state index contributed by atoms with van der Waals surface area (Å²) in [7, 11) is 8.72. The van der Waals surface area contributed by atoms with Crippen LogP contribution in [-0.2, 0) is 38.0 Å². The number of benzene rings is 2. The topological polar surface area (TPSA) is 204 Å². The van der Waals surface area contributed by atoms with Gasteiger partial charge in [0.1, 0.15) is 24.4 Å². The first-order valence-electron chi connectivity index (χ1n) is 36.4. The van der Waals surface area contributed by atoms with E-state index in [0.29, 0.717) is 19.4 Å². The number of nitrogens with one attached hydrogen (secondary N) is 3. The van der Waals surface area contributed by atoms with Crippen LogP contribution in [0.5, 0.6) is 0 Å². The maximum Gasteiger partial charge on any atom is 0.261 e. The molecule has 0 spiro atoms. The average molecular weight is 1550 g/mol. The maximum absolute atomic E-state index is 14.1. The van der Waals surface area contributed by atoms with E-state index in [0.717, 1.165) is 109 Å². The van der Waals surface area contributed by atoms with Crippen molar-refractivity contribution < 1.29 is 43.1 Å². The van der Waals surface area contributed by atoms with E-state index in [2.05, 4.69) is 154 Å². The van der Waals surface area contributed by atoms with E-state index in [1.54, 1.807) is 23.9 Å². The summed E-state index contributed by atoms with van der Waals surface area (Å²) in [5.74, 6) is 0.486. The fraction of sp³-hybridized carbons (Fsp3) is 0.750. The van der Waals surface area contributed by atoms with Gasteiger partial charge < -0.3 is 45.0 Å². The molecule has 4 N–H and O–H groups in total. The van der Waals surface area contributed by atoms with Gasteiger partial charge in [0.15, 0.2) is 0 Å². The Hall–Kier alpha value is -2.95. The number of amides is 6. The number of aldehydes is 1. The number of carbonyl (C=O) groups is 7. The highest BCUT2D eigenvalue weighted by atomic mass is 32.1. The van der Waals surface area contributed by atoms with Crippen molar-refractivity contribution in [1.82, 2.24) is 45.3 Å². The van der Waals surface area contributed by atoms with E-state index in [1.807, 2.05) is 74.6 Å². The normalized spacial score (nSPS) is 19.2. The minimum Gasteiger partial charge on any atom is -0.407 e. The smallest absolute Gasteiger partial charge is 0.261 e. The lowest BCUT2D eigenvalue weighted by Gasteiger charge is -2.44. The fourth-order valence-corrected chi connectivity index (χ4v) is 18.9. The van der Waals surface area contributed by atoms with Crippen LogP contribution in [0.15, 0.2) is 60.7 Å². The molecule has 3 fully saturated rings. The van der Waals surface area contributed by atoms with Gasteiger partial charge >= 0.3 is 0 Å². The van der Waals surface area contributed by atoms with Gasteiger partial charge in [-0.25, -0.2) is 0 Å². The molecule has 0 aliphatic carbocycles. The minimum absolute atomic E-state index is 0. The number of rotatable bonds is 31. The molecule has 3 aliphatic heterocycles. The monoisotopic (exact) mass is 1550 g/mol. The number of likely N-dealkylation sites (tertiary alicyclic amines) is 3. The molecule has 2 aromatic rings. The molecule has 6 amide bonds. The quantitative estimate of drug-likeness (QED) is 0.0411. The molecule has 25 heteroatoms. The maximum atomic E-state index is 14.1. The third kappa shape index (κ3) is 30.3. The van der Waals surface area contributed by atoms with Gasteiger partial charge in [-0.3, -0.25) is 43.5 Å². The Bertz CT molecular complexity index is 2600. The number of nitrogens with zero attached hydrogens (tertiary/aromatic N) is 6. The number of likely N-dealkylation sites (N-methyl/N-ethyl adjacent to an activating group) is 6. The van der Waals surface area contributed by atoms with Crippen molar-refractivity contribution in [2.24, 2.45) is 35.5 Å². The van der Waals surface area contributed by atoms with Crippen molar-refractivity contribution in [1.29, 1.82) is 0 Å². The van der Waals surface area contributed by atoms with Gasteiger partial charge in [-0.2, -0.15) is 81.0 Å². The molecule has 5 rings (SSSR count). The molecular formula is C76H145N9O9S6Si. The number of hydrogen-bond acceptors (Lipinski definition) is 12. The van der Waals surface area contributed by atoms with Crippen LogP contribution in [0.4, 0.5) is 0 Å². The van der Waals surface area contributed by atoms with Crippen LogP contribution in [0.2, 0.25) is 5.04 Å². The molecule has 12 atom stereocenters. The van der Waals surface area contributed by atoms with Crippen molar-refractivity contribution in [3.05, 3.63) is 60.7 Å². The first kappa shape index (κ1) is 104. The van der Waals surface area contributed by atoms with Gasteiger partial charge in [0, 0.05) is 58.9 Å². The first-order valence-corrected chi connectivity index (χ1v) is 38.3. The van der Waals surface area contributed by atoms with Gasteiger partial charge in [-0.15, -0.1) is 0 Å². The van der Waals surface area contributed by atoms with Gasteiger partial charge in [0.2, 0.25) is 35.4 Å². The zero-order chi connectivity index (χ0) is 71.5. The molecule has 3 heterocycles. The van der Waals surface area contributed by atoms with Crippen LogP contribution in [-0.4, -0.2) is 214 Å². The Balaban J connectivity index is -0.000000713. The van der Waals surface area contributed by atoms with E-state index < -0.39 is 26.4 Å². The fourth-order valence-electron chi connectivity index (χ4n) is 14.3. The molecule has 3 aliphatic rings. The summed E-state index contributed by atoms with van der Waals surface area (Å²) >= 11 is 0. The molecule has 101 heavy (non-hydrogen) atoms. The van der Waals surface area contributed by atoms with E-state index in [-0.39, 0.29) is 200 Å². The largest absolute Gasteiger partial charge is 0.407 e. The van der Waals surface area contributed by atoms with E-state index >= 15 is 0 Å². The first-order chi connectivity index (χ1) is 44.8. The standard InChI is InChI=1S/C36H57N3O3Si.C20H39N3O3.C20H37N3O3.6H2S/c1-10-28(4)33(37-34(40)32-23-17-18-25-38(32)8)35(41)39(9)31(27(2)3)24-26-42-43(36(5,6)7,29-19-13-11-14-20-29)30-21-15-12-16-22-30;2*1-7-15(4)18(20(26)23(6)16(11-13-24)14(2)3)21-19(25)17-10-8-9-12-22(17)5;;;;;;/h11-16,19-22,27-28,31-33H,10,17-18,23-26H2,1-9H3,(H,37,40);14-18,24H,7-13H2,1-6H3,(H,21,25);13-18H,7-12H2,1-6H3,(H,21,25);6*1H2. The molecule has 2 aromatic carbocycles. The Kier molecular flexibility index (Phi) is 53.9. The zero-order valence-electron chi connectivity index (χ0n) is 66.0. The molecule has 0 bridgehead atoms. The number of hydrogen-bond donors (Lipinski definition) is 4. The highest BCUT2D eigenvalue weighted by molar-refractivity contribution is 7.60. The molecule has 0 saturated carbocycles. The van der Waals surface area contributed by atoms with Gasteiger partial charge in [-0.1, -0.05) is 203 Å². The summed E-state index contributed by atoms with van der Waals surface area (Å²) in [6.45, 7) is 34.9. The molecule has 0 aromatic heterocycles. The van der Waals surface area contributed by atoms with E-state index in [9.17, 15) is 38.7 Å². The Labute approximate surface area is 656 Å². The Morgan fingerprint density at radius 2 is 0.792 bits per heavy atom. The third-order valence-electron chi connectivity index (χ3n) is 21.3. The van der Waals surface area contributed by atoms with Crippen molar-refractivity contribution >= 4 is 141 Å². The number of aliphatic hydroxyl groups excluding tert-OH is 1. The third-order valence-corrected chi connectivity index (χ3v) is 26.3. The van der Waals surface area contributed by atoms with Crippen LogP contribution in [0.25, 0.3) is 0 Å². The lowest BCUT2D eigenvalue weighted by molar-refractivity contribution is -0.141. The molecule has 3 saturated heterocycles. The predicted octanol–water partition coefficient (Wildman–Crippen LogP) is 10.1. The second-order valence-corrected chi connectivity index (χ2v) is 34.4. The summed E-state index contributed by atoms with van der Waals surface area (Å²) in [4.78, 5) is 102. The Morgan fingerprint density at radius 1 is 0.505 bits per heavy atom. The van der Waals surface area contributed by atoms with Crippen molar-refractivity contribution in [2.45, 2.75) is 260 Å². The lowest BCUT2D eigenvalue weighted by atomic mass is 9.93. The van der Waals surface area contributed by atoms with Crippen molar-refractivity contribution in [2.75, 3.05) is 75.1 Å². The molecular weight excluding hydrogens is 1400 g/mol. The molecule has 12 unspecified atom stereocenters. The zero-order valence-corrected chi connectivity index (χ0v) is 73.0. The van der Waals surface area contributed by atoms with Crippen molar-refractivity contribution in [3.8, 4) is 0 Å². The Morgan fingerprint density at radius 3 is 1.04 bits per heavy atom. The van der Waals surface area contributed by atoms with Crippen LogP contribution in [0.3, 0.4) is 0 Å². The van der Waals surface area contributed by atoms with Crippen LogP contribution < -0.4 is 26.3 Å². The van der Waals surface area contributed by atoms with E-state index in [4.69, 9.17) is 4.43 Å². The number of aliphatic hydroxyl groups is 1. The van der Waals surface area contributed by atoms with Gasteiger partial charge in [0.05, 0.1) is 18.1 Å². The van der Waals surface area contributed by atoms with Gasteiger partial charge in [-0.05, 0) is 143 Å². The van der Waals surface area contributed by atoms with E-state index in [1.165, 1.54) is 10.4 Å². The summed E-state index contributed by atoms with van der Waals surface area (Å²) in [5.41, 5.74) is 0. The lowest BCUT2D eigenvalue weighted by Crippen LogP contribution is -2.66.